The summed E-state index contributed by atoms with van der Waals surface area (Å²) >= 11 is 0. The van der Waals surface area contributed by atoms with E-state index >= 15 is 0 Å². The Kier molecular flexibility index (Phi) is 3.06. The minimum absolute atomic E-state index is 0.0992. The highest BCUT2D eigenvalue weighted by molar-refractivity contribution is 5.85. The van der Waals surface area contributed by atoms with Crippen molar-refractivity contribution in [3.63, 3.8) is 0 Å². The molecule has 1 aromatic heterocycles. The van der Waals surface area contributed by atoms with Crippen LogP contribution in [0.15, 0.2) is 22.8 Å². The summed E-state index contributed by atoms with van der Waals surface area (Å²) in [4.78, 5) is 14.7. The first-order valence-corrected chi connectivity index (χ1v) is 5.38. The van der Waals surface area contributed by atoms with E-state index < -0.39 is 5.97 Å². The van der Waals surface area contributed by atoms with Gasteiger partial charge in [-0.25, -0.2) is 9.78 Å². The van der Waals surface area contributed by atoms with Crippen molar-refractivity contribution in [2.24, 2.45) is 0 Å². The van der Waals surface area contributed by atoms with E-state index in [0.29, 0.717) is 5.89 Å². The van der Waals surface area contributed by atoms with Crippen LogP contribution in [0, 0.1) is 13.8 Å². The largest absolute Gasteiger partial charge is 0.496 e. The van der Waals surface area contributed by atoms with Crippen molar-refractivity contribution in [3.05, 3.63) is 35.2 Å². The van der Waals surface area contributed by atoms with Crippen LogP contribution in [0.3, 0.4) is 0 Å². The van der Waals surface area contributed by atoms with Crippen LogP contribution < -0.4 is 4.74 Å². The molecule has 94 valence electrons. The van der Waals surface area contributed by atoms with Crippen LogP contribution in [0.2, 0.25) is 0 Å². The van der Waals surface area contributed by atoms with E-state index in [1.807, 2.05) is 19.9 Å². The Hall–Kier alpha value is -2.30. The molecule has 5 heteroatoms. The van der Waals surface area contributed by atoms with Gasteiger partial charge in [0.2, 0.25) is 5.89 Å². The highest BCUT2D eigenvalue weighted by atomic mass is 16.5. The van der Waals surface area contributed by atoms with Gasteiger partial charge in [-0.2, -0.15) is 0 Å². The molecule has 2 aromatic rings. The molecule has 0 fully saturated rings. The molecule has 2 rings (SSSR count). The average Bonchev–Trinajstić information content (AvgIpc) is 2.82. The Bertz CT molecular complexity index is 601. The third-order valence-corrected chi connectivity index (χ3v) is 2.91. The maximum Gasteiger partial charge on any atom is 0.357 e. The Balaban J connectivity index is 2.50. The van der Waals surface area contributed by atoms with E-state index in [1.165, 1.54) is 0 Å². The fourth-order valence-electron chi connectivity index (χ4n) is 1.74. The first-order valence-electron chi connectivity index (χ1n) is 5.38. The fraction of sp³-hybridized carbons (Fsp3) is 0.231. The normalized spacial score (nSPS) is 10.4. The lowest BCUT2D eigenvalue weighted by Crippen LogP contribution is -1.96. The molecule has 0 saturated carbocycles. The number of methoxy groups -OCH3 is 1. The van der Waals surface area contributed by atoms with Crippen molar-refractivity contribution in [1.82, 2.24) is 4.98 Å². The SMILES string of the molecule is COc1ccc(-c2nc(C(=O)O)co2)c(C)c1C. The van der Waals surface area contributed by atoms with Gasteiger partial charge in [0.25, 0.3) is 0 Å². The molecule has 0 atom stereocenters. The molecule has 0 amide bonds. The lowest BCUT2D eigenvalue weighted by molar-refractivity contribution is 0.0690. The highest BCUT2D eigenvalue weighted by Crippen LogP contribution is 2.30. The number of hydrogen-bond acceptors (Lipinski definition) is 4. The predicted octanol–water partition coefficient (Wildman–Crippen LogP) is 2.67. The molecule has 1 heterocycles. The van der Waals surface area contributed by atoms with Crippen LogP contribution in [0.1, 0.15) is 21.6 Å². The zero-order valence-corrected chi connectivity index (χ0v) is 10.4. The second-order valence-corrected chi connectivity index (χ2v) is 3.91. The number of carboxylic acid groups (broad SMARTS) is 1. The van der Waals surface area contributed by atoms with E-state index in [1.54, 1.807) is 13.2 Å². The van der Waals surface area contributed by atoms with Gasteiger partial charge in [-0.15, -0.1) is 0 Å². The van der Waals surface area contributed by atoms with Gasteiger partial charge in [0, 0.05) is 5.56 Å². The van der Waals surface area contributed by atoms with Gasteiger partial charge in [-0.1, -0.05) is 0 Å². The van der Waals surface area contributed by atoms with Gasteiger partial charge in [0.1, 0.15) is 12.0 Å². The van der Waals surface area contributed by atoms with Gasteiger partial charge in [0.05, 0.1) is 7.11 Å². The minimum atomic E-state index is -1.10. The van der Waals surface area contributed by atoms with Crippen LogP contribution in [-0.2, 0) is 0 Å². The second kappa shape index (κ2) is 4.52. The number of oxazole rings is 1. The van der Waals surface area contributed by atoms with Crippen molar-refractivity contribution in [2.75, 3.05) is 7.11 Å². The van der Waals surface area contributed by atoms with Gasteiger partial charge in [-0.05, 0) is 37.1 Å². The number of carboxylic acids is 1. The van der Waals surface area contributed by atoms with Gasteiger partial charge < -0.3 is 14.3 Å². The van der Waals surface area contributed by atoms with Crippen LogP contribution >= 0.6 is 0 Å². The van der Waals surface area contributed by atoms with Crippen molar-refractivity contribution < 1.29 is 19.1 Å². The van der Waals surface area contributed by atoms with Crippen molar-refractivity contribution in [2.45, 2.75) is 13.8 Å². The minimum Gasteiger partial charge on any atom is -0.496 e. The summed E-state index contributed by atoms with van der Waals surface area (Å²) in [5, 5.41) is 8.81. The van der Waals surface area contributed by atoms with E-state index in [4.69, 9.17) is 14.3 Å². The number of carbonyl (C=O) groups is 1. The molecule has 0 aliphatic heterocycles. The lowest BCUT2D eigenvalue weighted by Gasteiger charge is -2.10. The summed E-state index contributed by atoms with van der Waals surface area (Å²) < 4.78 is 10.4. The zero-order chi connectivity index (χ0) is 13.3. The lowest BCUT2D eigenvalue weighted by atomic mass is 10.0. The van der Waals surface area contributed by atoms with Crippen molar-refractivity contribution in [3.8, 4) is 17.2 Å². The number of nitrogens with zero attached hydrogens (tertiary/aromatic N) is 1. The zero-order valence-electron chi connectivity index (χ0n) is 10.4. The van der Waals surface area contributed by atoms with Crippen LogP contribution in [0.5, 0.6) is 5.75 Å². The summed E-state index contributed by atoms with van der Waals surface area (Å²) in [6, 6.07) is 3.61. The maximum atomic E-state index is 10.8. The van der Waals surface area contributed by atoms with Gasteiger partial charge in [0.15, 0.2) is 5.69 Å². The van der Waals surface area contributed by atoms with Crippen LogP contribution in [0.25, 0.3) is 11.5 Å². The fourth-order valence-corrected chi connectivity index (χ4v) is 1.74. The Morgan fingerprint density at radius 2 is 2.06 bits per heavy atom. The molecule has 0 radical (unpaired) electrons. The molecule has 1 aromatic carbocycles. The summed E-state index contributed by atoms with van der Waals surface area (Å²) in [5.74, 6) is -0.0233. The number of benzene rings is 1. The van der Waals surface area contributed by atoms with Gasteiger partial charge in [-0.3, -0.25) is 0 Å². The predicted molar refractivity (Wildman–Crippen MR) is 64.9 cm³/mol. The number of rotatable bonds is 3. The Labute approximate surface area is 104 Å². The topological polar surface area (TPSA) is 72.6 Å². The number of aromatic carboxylic acids is 1. The van der Waals surface area contributed by atoms with Crippen LogP contribution in [0.4, 0.5) is 0 Å². The van der Waals surface area contributed by atoms with E-state index in [-0.39, 0.29) is 5.69 Å². The molecule has 0 aliphatic carbocycles. The Morgan fingerprint density at radius 3 is 2.61 bits per heavy atom. The Morgan fingerprint density at radius 1 is 1.33 bits per heavy atom. The molecular weight excluding hydrogens is 234 g/mol. The third kappa shape index (κ3) is 1.95. The number of hydrogen-bond donors (Lipinski definition) is 1. The highest BCUT2D eigenvalue weighted by Gasteiger charge is 2.15. The molecular formula is C13H13NO4. The molecule has 0 saturated heterocycles. The van der Waals surface area contributed by atoms with Crippen molar-refractivity contribution >= 4 is 5.97 Å². The summed E-state index contributed by atoms with van der Waals surface area (Å²) in [6.07, 6.45) is 1.14. The molecule has 0 spiro atoms. The number of ether oxygens (including phenoxy) is 1. The molecule has 0 aliphatic rings. The van der Waals surface area contributed by atoms with Crippen molar-refractivity contribution in [1.29, 1.82) is 0 Å². The van der Waals surface area contributed by atoms with E-state index in [9.17, 15) is 4.79 Å². The molecule has 18 heavy (non-hydrogen) atoms. The second-order valence-electron chi connectivity index (χ2n) is 3.91. The quantitative estimate of drug-likeness (QED) is 0.902. The molecule has 1 N–H and O–H groups in total. The molecule has 0 unspecified atom stereocenters. The molecule has 5 nitrogen and oxygen atoms in total. The van der Waals surface area contributed by atoms with Gasteiger partial charge >= 0.3 is 5.97 Å². The first-order chi connectivity index (χ1) is 8.54. The maximum absolute atomic E-state index is 10.8. The average molecular weight is 247 g/mol. The standard InChI is InChI=1S/C13H13NO4/c1-7-8(2)11(17-3)5-4-9(7)12-14-10(6-18-12)13(15)16/h4-6H,1-3H3,(H,15,16). The summed E-state index contributed by atoms with van der Waals surface area (Å²) in [5.41, 5.74) is 2.59. The third-order valence-electron chi connectivity index (χ3n) is 2.91. The summed E-state index contributed by atoms with van der Waals surface area (Å²) in [7, 11) is 1.61. The number of aromatic nitrogens is 1. The molecule has 0 bridgehead atoms. The summed E-state index contributed by atoms with van der Waals surface area (Å²) in [6.45, 7) is 3.84. The first kappa shape index (κ1) is 12.2. The smallest absolute Gasteiger partial charge is 0.357 e. The van der Waals surface area contributed by atoms with Crippen LogP contribution in [-0.4, -0.2) is 23.2 Å². The monoisotopic (exact) mass is 247 g/mol. The van der Waals surface area contributed by atoms with E-state index in [2.05, 4.69) is 4.98 Å². The van der Waals surface area contributed by atoms with E-state index in [0.717, 1.165) is 28.7 Å².